The van der Waals surface area contributed by atoms with Gasteiger partial charge in [-0.15, -0.1) is 0 Å². The first-order valence-electron chi connectivity index (χ1n) is 11.3. The van der Waals surface area contributed by atoms with E-state index >= 15 is 0 Å². The van der Waals surface area contributed by atoms with Crippen LogP contribution < -0.4 is 21.5 Å². The SMILES string of the molecule is CI.CN1C(N)=N[C@](C)(c2ccc(F)cc2F)CS1(=O)=O.CNS(=O)(=O)C[C@](C)(NC(N)=S)c1ccc(F)cc1F. The van der Waals surface area contributed by atoms with Gasteiger partial charge in [-0.2, -0.15) is 0 Å². The average Bonchev–Trinajstić information content (AvgIpc) is 2.82. The van der Waals surface area contributed by atoms with Gasteiger partial charge in [0, 0.05) is 30.3 Å². The van der Waals surface area contributed by atoms with Crippen LogP contribution in [0, 0.1) is 23.3 Å². The number of benzene rings is 2. The number of sulfonamides is 2. The Hall–Kier alpha value is -2.29. The molecule has 2 atom stereocenters. The Morgan fingerprint density at radius 1 is 1.15 bits per heavy atom. The van der Waals surface area contributed by atoms with Crippen molar-refractivity contribution in [2.45, 2.75) is 24.9 Å². The molecule has 0 saturated carbocycles. The molecule has 3 rings (SSSR count). The molecule has 0 fully saturated rings. The maximum atomic E-state index is 13.9. The summed E-state index contributed by atoms with van der Waals surface area (Å²) >= 11 is 6.84. The molecule has 1 aliphatic heterocycles. The van der Waals surface area contributed by atoms with Gasteiger partial charge in [0.05, 0.1) is 17.0 Å². The van der Waals surface area contributed by atoms with Gasteiger partial charge >= 0.3 is 0 Å². The van der Waals surface area contributed by atoms with E-state index in [0.29, 0.717) is 12.1 Å². The fourth-order valence-corrected chi connectivity index (χ4v) is 6.66. The molecule has 2 aromatic rings. The first kappa shape index (κ1) is 36.7. The normalized spacial score (nSPS) is 19.4. The number of nitrogens with two attached hydrogens (primary N) is 2. The lowest BCUT2D eigenvalue weighted by molar-refractivity contribution is 0.444. The van der Waals surface area contributed by atoms with Gasteiger partial charge in [-0.3, -0.25) is 0 Å². The lowest BCUT2D eigenvalue weighted by atomic mass is 9.93. The van der Waals surface area contributed by atoms with Crippen LogP contribution in [-0.2, 0) is 31.1 Å². The predicted molar refractivity (Wildman–Crippen MR) is 163 cm³/mol. The Balaban J connectivity index is 0.000000387. The molecule has 0 radical (unpaired) electrons. The van der Waals surface area contributed by atoms with Crippen LogP contribution in [-0.4, -0.2) is 62.7 Å². The minimum atomic E-state index is -3.69. The smallest absolute Gasteiger partial charge is 0.239 e. The lowest BCUT2D eigenvalue weighted by Gasteiger charge is -2.34. The van der Waals surface area contributed by atoms with E-state index in [-0.39, 0.29) is 22.2 Å². The van der Waals surface area contributed by atoms with Crippen molar-refractivity contribution in [3.63, 3.8) is 0 Å². The van der Waals surface area contributed by atoms with Crippen LogP contribution in [0.3, 0.4) is 0 Å². The predicted octanol–water partition coefficient (Wildman–Crippen LogP) is 2.38. The van der Waals surface area contributed by atoms with E-state index in [1.54, 1.807) is 0 Å². The molecule has 2 aromatic carbocycles. The number of hydrogen-bond acceptors (Lipinski definition) is 7. The molecule has 1 aliphatic rings. The van der Waals surface area contributed by atoms with Crippen LogP contribution >= 0.6 is 34.8 Å². The zero-order chi connectivity index (χ0) is 32.0. The van der Waals surface area contributed by atoms with Crippen molar-refractivity contribution in [2.24, 2.45) is 16.5 Å². The number of nitrogens with zero attached hydrogens (tertiary/aromatic N) is 2. The Morgan fingerprint density at radius 2 is 1.66 bits per heavy atom. The summed E-state index contributed by atoms with van der Waals surface area (Å²) in [5.74, 6) is -4.41. The topological polar surface area (TPSA) is 160 Å². The summed E-state index contributed by atoms with van der Waals surface area (Å²) in [5, 5.41) is 2.36. The summed E-state index contributed by atoms with van der Waals surface area (Å²) in [5.41, 5.74) is 8.06. The van der Waals surface area contributed by atoms with Crippen molar-refractivity contribution in [1.29, 1.82) is 0 Å². The molecular formula is C23H31F4IN6O4S3. The van der Waals surface area contributed by atoms with Gasteiger partial charge in [-0.25, -0.2) is 48.4 Å². The van der Waals surface area contributed by atoms with Crippen LogP contribution in [0.25, 0.3) is 0 Å². The van der Waals surface area contributed by atoms with Crippen molar-refractivity contribution in [3.8, 4) is 0 Å². The summed E-state index contributed by atoms with van der Waals surface area (Å²) in [4.78, 5) is 6.00. The molecule has 0 unspecified atom stereocenters. The van der Waals surface area contributed by atoms with Crippen LogP contribution in [0.5, 0.6) is 0 Å². The third-order valence-electron chi connectivity index (χ3n) is 5.79. The number of hydrogen-bond donors (Lipinski definition) is 4. The van der Waals surface area contributed by atoms with E-state index in [0.717, 1.165) is 22.5 Å². The number of halogens is 5. The Morgan fingerprint density at radius 3 is 2.10 bits per heavy atom. The van der Waals surface area contributed by atoms with Gasteiger partial charge in [-0.05, 0) is 50.2 Å². The van der Waals surface area contributed by atoms with E-state index < -0.39 is 65.9 Å². The Labute approximate surface area is 256 Å². The monoisotopic (exact) mass is 754 g/mol. The molecule has 10 nitrogen and oxygen atoms in total. The minimum absolute atomic E-state index is 0.00600. The molecule has 1 heterocycles. The van der Waals surface area contributed by atoms with Gasteiger partial charge < -0.3 is 16.8 Å². The fourth-order valence-electron chi connectivity index (χ4n) is 3.86. The number of rotatable bonds is 6. The molecule has 6 N–H and O–H groups in total. The first-order chi connectivity index (χ1) is 18.7. The summed E-state index contributed by atoms with van der Waals surface area (Å²) in [6, 6.07) is 5.78. The van der Waals surface area contributed by atoms with Crippen LogP contribution in [0.1, 0.15) is 25.0 Å². The zero-order valence-electron chi connectivity index (χ0n) is 22.7. The zero-order valence-corrected chi connectivity index (χ0v) is 27.3. The van der Waals surface area contributed by atoms with Crippen molar-refractivity contribution >= 4 is 65.9 Å². The van der Waals surface area contributed by atoms with E-state index in [4.69, 9.17) is 23.7 Å². The number of alkyl halides is 1. The van der Waals surface area contributed by atoms with Crippen molar-refractivity contribution in [1.82, 2.24) is 14.3 Å². The van der Waals surface area contributed by atoms with Gasteiger partial charge in [0.1, 0.15) is 28.8 Å². The molecule has 18 heteroatoms. The molecule has 0 saturated heterocycles. The van der Waals surface area contributed by atoms with Crippen LogP contribution in [0.15, 0.2) is 41.4 Å². The molecular weight excluding hydrogens is 723 g/mol. The second kappa shape index (κ2) is 14.3. The molecule has 0 aromatic heterocycles. The van der Waals surface area contributed by atoms with Gasteiger partial charge in [-0.1, -0.05) is 34.7 Å². The summed E-state index contributed by atoms with van der Waals surface area (Å²) in [7, 11) is -4.86. The maximum absolute atomic E-state index is 13.9. The average molecular weight is 755 g/mol. The number of nitrogens with one attached hydrogen (secondary N) is 2. The molecule has 230 valence electrons. The largest absolute Gasteiger partial charge is 0.376 e. The quantitative estimate of drug-likeness (QED) is 0.152. The van der Waals surface area contributed by atoms with Gasteiger partial charge in [0.15, 0.2) is 5.11 Å². The summed E-state index contributed by atoms with van der Waals surface area (Å²) < 4.78 is 104. The molecule has 0 bridgehead atoms. The summed E-state index contributed by atoms with van der Waals surface area (Å²) in [6.07, 6.45) is 0. The van der Waals surface area contributed by atoms with Crippen LogP contribution in [0.4, 0.5) is 17.6 Å². The standard InChI is InChI=1S/C11H15F2N3O2S2.C11H13F2N3O2S.CH3I/c1-11(16-10(14)19,6-20(17,18)15-2)8-4-3-7(12)5-9(8)13;1-11(8-4-3-7(12)5-9(8)13)6-19(17,18)16(2)10(14)15-11;1-2/h3-5,15H,6H2,1-2H3,(H3,14,16,19);3-5H,6H2,1-2H3,(H2,14,15);1H3/t2*11-;/m00./s1. The van der Waals surface area contributed by atoms with Crippen molar-refractivity contribution in [2.75, 3.05) is 30.5 Å². The van der Waals surface area contributed by atoms with Gasteiger partial charge in [0.25, 0.3) is 0 Å². The number of guanidine groups is 1. The molecule has 0 amide bonds. The highest BCUT2D eigenvalue weighted by molar-refractivity contribution is 14.1. The Bertz CT molecular complexity index is 1510. The minimum Gasteiger partial charge on any atom is -0.376 e. The number of thiocarbonyl (C=S) groups is 1. The van der Waals surface area contributed by atoms with Crippen LogP contribution in [0.2, 0.25) is 0 Å². The third-order valence-corrected chi connectivity index (χ3v) is 9.42. The molecule has 41 heavy (non-hydrogen) atoms. The second-order valence-electron chi connectivity index (χ2n) is 9.00. The number of aliphatic imine (C=N–C) groups is 1. The van der Waals surface area contributed by atoms with E-state index in [1.807, 2.05) is 4.93 Å². The third kappa shape index (κ3) is 9.62. The van der Waals surface area contributed by atoms with Gasteiger partial charge in [0.2, 0.25) is 26.0 Å². The lowest BCUT2D eigenvalue weighted by Crippen LogP contribution is -2.52. The molecule has 0 spiro atoms. The highest BCUT2D eigenvalue weighted by Crippen LogP contribution is 2.33. The fraction of sp³-hybridized carbons (Fsp3) is 0.391. The van der Waals surface area contributed by atoms with E-state index in [2.05, 4.69) is 37.6 Å². The first-order valence-corrected chi connectivity index (χ1v) is 17.2. The maximum Gasteiger partial charge on any atom is 0.239 e. The van der Waals surface area contributed by atoms with Crippen molar-refractivity contribution < 1.29 is 34.4 Å². The van der Waals surface area contributed by atoms with E-state index in [1.165, 1.54) is 34.0 Å². The summed E-state index contributed by atoms with van der Waals surface area (Å²) in [6.45, 7) is 2.86. The molecule has 0 aliphatic carbocycles. The Kier molecular flexibility index (Phi) is 12.8. The second-order valence-corrected chi connectivity index (χ2v) is 13.4. The van der Waals surface area contributed by atoms with E-state index in [9.17, 15) is 34.4 Å². The van der Waals surface area contributed by atoms with Crippen molar-refractivity contribution in [3.05, 3.63) is 70.8 Å². The highest BCUT2D eigenvalue weighted by atomic mass is 127. The highest BCUT2D eigenvalue weighted by Gasteiger charge is 2.41.